The number of alkyl halides is 3. The largest absolute Gasteiger partial charge is 0.573 e. The van der Waals surface area contributed by atoms with Crippen LogP contribution < -0.4 is 10.1 Å². The summed E-state index contributed by atoms with van der Waals surface area (Å²) < 4.78 is 40.2. The minimum atomic E-state index is -4.71. The van der Waals surface area contributed by atoms with E-state index >= 15 is 0 Å². The van der Waals surface area contributed by atoms with Crippen molar-refractivity contribution in [3.05, 3.63) is 59.7 Å². The molecule has 2 aromatic carbocycles. The number of carbonyl (C=O) groups excluding carboxylic acids is 1. The first-order chi connectivity index (χ1) is 11.9. The molecule has 7 heteroatoms. The fourth-order valence-electron chi connectivity index (χ4n) is 2.77. The van der Waals surface area contributed by atoms with Crippen LogP contribution in [0.25, 0.3) is 0 Å². The third-order valence-electron chi connectivity index (χ3n) is 4.01. The topological polar surface area (TPSA) is 41.6 Å². The number of nitrogens with zero attached hydrogens (tertiary/aromatic N) is 1. The lowest BCUT2D eigenvalue weighted by Crippen LogP contribution is -2.39. The summed E-state index contributed by atoms with van der Waals surface area (Å²) in [6.45, 7) is 1.33. The van der Waals surface area contributed by atoms with Gasteiger partial charge in [0.05, 0.1) is 6.54 Å². The zero-order valence-corrected chi connectivity index (χ0v) is 13.3. The fraction of sp³-hybridized carbons (Fsp3) is 0.278. The Morgan fingerprint density at radius 3 is 2.44 bits per heavy atom. The number of hydrogen-bond donors (Lipinski definition) is 1. The van der Waals surface area contributed by atoms with Crippen LogP contribution >= 0.6 is 0 Å². The number of hydrogen-bond acceptors (Lipinski definition) is 3. The van der Waals surface area contributed by atoms with E-state index in [9.17, 15) is 18.0 Å². The Morgan fingerprint density at radius 2 is 1.76 bits per heavy atom. The van der Waals surface area contributed by atoms with Crippen LogP contribution in [-0.4, -0.2) is 30.3 Å². The van der Waals surface area contributed by atoms with Crippen LogP contribution in [0, 0.1) is 0 Å². The Balaban J connectivity index is 1.53. The van der Waals surface area contributed by atoms with Crippen LogP contribution in [0.5, 0.6) is 5.75 Å². The summed E-state index contributed by atoms with van der Waals surface area (Å²) in [5.74, 6) is -0.345. The number of nitrogens with one attached hydrogen (secondary N) is 1. The second-order valence-electron chi connectivity index (χ2n) is 5.76. The molecule has 25 heavy (non-hydrogen) atoms. The zero-order valence-electron chi connectivity index (χ0n) is 13.3. The van der Waals surface area contributed by atoms with E-state index in [0.29, 0.717) is 18.8 Å². The van der Waals surface area contributed by atoms with Crippen molar-refractivity contribution < 1.29 is 22.7 Å². The number of fused-ring (bicyclic) bond motifs is 1. The van der Waals surface area contributed by atoms with Crippen LogP contribution in [0.15, 0.2) is 48.5 Å². The van der Waals surface area contributed by atoms with Crippen LogP contribution in [0.4, 0.5) is 18.9 Å². The van der Waals surface area contributed by atoms with Gasteiger partial charge in [0.2, 0.25) is 5.91 Å². The SMILES string of the molecule is O=C(CNc1ccc(OC(F)(F)F)cc1)N1CCc2ccccc2C1. The summed E-state index contributed by atoms with van der Waals surface area (Å²) in [6.07, 6.45) is -3.89. The van der Waals surface area contributed by atoms with E-state index in [4.69, 9.17) is 0 Å². The second-order valence-corrected chi connectivity index (χ2v) is 5.76. The molecular formula is C18H17F3N2O2. The van der Waals surface area contributed by atoms with Gasteiger partial charge in [0.1, 0.15) is 5.75 Å². The van der Waals surface area contributed by atoms with E-state index in [2.05, 4.69) is 16.1 Å². The van der Waals surface area contributed by atoms with Gasteiger partial charge in [-0.1, -0.05) is 24.3 Å². The normalized spacial score (nSPS) is 14.0. The summed E-state index contributed by atoms with van der Waals surface area (Å²) in [7, 11) is 0. The molecule has 1 aliphatic rings. The molecule has 0 fully saturated rings. The van der Waals surface area contributed by atoms with Gasteiger partial charge in [0.25, 0.3) is 0 Å². The maximum Gasteiger partial charge on any atom is 0.573 e. The van der Waals surface area contributed by atoms with Crippen molar-refractivity contribution in [1.82, 2.24) is 4.90 Å². The van der Waals surface area contributed by atoms with Crippen molar-refractivity contribution in [3.63, 3.8) is 0 Å². The van der Waals surface area contributed by atoms with Crippen molar-refractivity contribution in [3.8, 4) is 5.75 Å². The third kappa shape index (κ3) is 4.65. The molecular weight excluding hydrogens is 333 g/mol. The van der Waals surface area contributed by atoms with Gasteiger partial charge in [-0.25, -0.2) is 0 Å². The fourth-order valence-corrected chi connectivity index (χ4v) is 2.77. The molecule has 2 aromatic rings. The van der Waals surface area contributed by atoms with E-state index in [0.717, 1.165) is 12.0 Å². The highest BCUT2D eigenvalue weighted by atomic mass is 19.4. The van der Waals surface area contributed by atoms with Crippen LogP contribution in [0.3, 0.4) is 0 Å². The number of benzene rings is 2. The first-order valence-corrected chi connectivity index (χ1v) is 7.85. The van der Waals surface area contributed by atoms with Crippen molar-refractivity contribution >= 4 is 11.6 Å². The highest BCUT2D eigenvalue weighted by Crippen LogP contribution is 2.24. The van der Waals surface area contributed by atoms with Gasteiger partial charge in [0.15, 0.2) is 0 Å². The highest BCUT2D eigenvalue weighted by Gasteiger charge is 2.31. The van der Waals surface area contributed by atoms with Crippen molar-refractivity contribution in [2.24, 2.45) is 0 Å². The quantitative estimate of drug-likeness (QED) is 0.916. The molecule has 0 saturated heterocycles. The lowest BCUT2D eigenvalue weighted by molar-refractivity contribution is -0.274. The summed E-state index contributed by atoms with van der Waals surface area (Å²) in [6, 6.07) is 13.3. The Hall–Kier alpha value is -2.70. The van der Waals surface area contributed by atoms with Gasteiger partial charge in [-0.2, -0.15) is 0 Å². The molecule has 1 heterocycles. The van der Waals surface area contributed by atoms with Crippen molar-refractivity contribution in [1.29, 1.82) is 0 Å². The Kier molecular flexibility index (Phi) is 4.83. The van der Waals surface area contributed by atoms with Gasteiger partial charge in [0, 0.05) is 18.8 Å². The molecule has 0 spiro atoms. The summed E-state index contributed by atoms with van der Waals surface area (Å²) in [5.41, 5.74) is 2.97. The van der Waals surface area contributed by atoms with E-state index in [-0.39, 0.29) is 18.2 Å². The lowest BCUT2D eigenvalue weighted by atomic mass is 10.00. The van der Waals surface area contributed by atoms with Gasteiger partial charge < -0.3 is 15.0 Å². The maximum atomic E-state index is 12.3. The smallest absolute Gasteiger partial charge is 0.406 e. The molecule has 0 radical (unpaired) electrons. The molecule has 132 valence electrons. The summed E-state index contributed by atoms with van der Waals surface area (Å²) >= 11 is 0. The first kappa shape index (κ1) is 17.1. The van der Waals surface area contributed by atoms with Crippen LogP contribution in [0.2, 0.25) is 0 Å². The van der Waals surface area contributed by atoms with Crippen LogP contribution in [0.1, 0.15) is 11.1 Å². The molecule has 0 aliphatic carbocycles. The molecule has 1 N–H and O–H groups in total. The molecule has 1 amide bonds. The van der Waals surface area contributed by atoms with E-state index in [1.807, 2.05) is 18.2 Å². The molecule has 0 saturated carbocycles. The Labute approximate surface area is 143 Å². The van der Waals surface area contributed by atoms with Gasteiger partial charge in [-0.15, -0.1) is 13.2 Å². The highest BCUT2D eigenvalue weighted by molar-refractivity contribution is 5.81. The number of ether oxygens (including phenoxy) is 1. The number of halogens is 3. The monoisotopic (exact) mass is 350 g/mol. The van der Waals surface area contributed by atoms with E-state index < -0.39 is 6.36 Å². The predicted molar refractivity (Wildman–Crippen MR) is 87.2 cm³/mol. The van der Waals surface area contributed by atoms with E-state index in [1.54, 1.807) is 4.90 Å². The zero-order chi connectivity index (χ0) is 17.9. The molecule has 3 rings (SSSR count). The molecule has 4 nitrogen and oxygen atoms in total. The Bertz CT molecular complexity index is 745. The minimum absolute atomic E-state index is 0.0508. The minimum Gasteiger partial charge on any atom is -0.406 e. The van der Waals surface area contributed by atoms with Crippen LogP contribution in [-0.2, 0) is 17.8 Å². The van der Waals surface area contributed by atoms with Gasteiger partial charge in [-0.05, 0) is 41.8 Å². The summed E-state index contributed by atoms with van der Waals surface area (Å²) in [4.78, 5) is 14.1. The Morgan fingerprint density at radius 1 is 1.08 bits per heavy atom. The standard InChI is InChI=1S/C18H17F3N2O2/c19-18(20,21)25-16-7-5-15(6-8-16)22-11-17(24)23-10-9-13-3-1-2-4-14(13)12-23/h1-8,22H,9-12H2. The van der Waals surface area contributed by atoms with Gasteiger partial charge >= 0.3 is 6.36 Å². The number of carbonyl (C=O) groups is 1. The van der Waals surface area contributed by atoms with Gasteiger partial charge in [-0.3, -0.25) is 4.79 Å². The number of rotatable bonds is 4. The van der Waals surface area contributed by atoms with E-state index in [1.165, 1.54) is 29.8 Å². The first-order valence-electron chi connectivity index (χ1n) is 7.85. The number of amides is 1. The second kappa shape index (κ2) is 7.04. The average molecular weight is 350 g/mol. The maximum absolute atomic E-state index is 12.3. The average Bonchev–Trinajstić information content (AvgIpc) is 2.59. The number of anilines is 1. The third-order valence-corrected chi connectivity index (χ3v) is 4.01. The van der Waals surface area contributed by atoms with Crippen molar-refractivity contribution in [2.45, 2.75) is 19.3 Å². The predicted octanol–water partition coefficient (Wildman–Crippen LogP) is 3.58. The summed E-state index contributed by atoms with van der Waals surface area (Å²) in [5, 5.41) is 2.93. The molecule has 0 atom stereocenters. The molecule has 0 aromatic heterocycles. The molecule has 0 unspecified atom stereocenters. The van der Waals surface area contributed by atoms with Crippen molar-refractivity contribution in [2.75, 3.05) is 18.4 Å². The lowest BCUT2D eigenvalue weighted by Gasteiger charge is -2.29. The molecule has 1 aliphatic heterocycles. The molecule has 0 bridgehead atoms.